The molecule has 0 saturated heterocycles. The van der Waals surface area contributed by atoms with Crippen molar-refractivity contribution in [1.29, 1.82) is 0 Å². The zero-order chi connectivity index (χ0) is 14.6. The quantitative estimate of drug-likeness (QED) is 0.779. The summed E-state index contributed by atoms with van der Waals surface area (Å²) >= 11 is 0. The Kier molecular flexibility index (Phi) is 4.61. The molecule has 0 heterocycles. The van der Waals surface area contributed by atoms with Gasteiger partial charge in [-0.25, -0.2) is 9.18 Å². The van der Waals surface area contributed by atoms with Gasteiger partial charge in [-0.15, -0.1) is 0 Å². The lowest BCUT2D eigenvalue weighted by Gasteiger charge is -2.22. The van der Waals surface area contributed by atoms with Crippen LogP contribution in [0.15, 0.2) is 18.2 Å². The van der Waals surface area contributed by atoms with E-state index in [9.17, 15) is 14.0 Å². The summed E-state index contributed by atoms with van der Waals surface area (Å²) in [4.78, 5) is 22.3. The van der Waals surface area contributed by atoms with E-state index < -0.39 is 23.2 Å². The zero-order valence-corrected chi connectivity index (χ0v) is 11.1. The molecule has 6 heteroatoms. The molecule has 0 aliphatic carbocycles. The third-order valence-corrected chi connectivity index (χ3v) is 2.79. The van der Waals surface area contributed by atoms with Gasteiger partial charge < -0.3 is 10.5 Å². The first-order valence-corrected chi connectivity index (χ1v) is 5.69. The van der Waals surface area contributed by atoms with Crippen LogP contribution in [0.3, 0.4) is 0 Å². The average molecular weight is 268 g/mol. The monoisotopic (exact) mass is 268 g/mol. The molecule has 0 aromatic heterocycles. The fraction of sp³-hybridized carbons (Fsp3) is 0.385. The van der Waals surface area contributed by atoms with Crippen LogP contribution in [0.1, 0.15) is 29.8 Å². The van der Waals surface area contributed by atoms with E-state index >= 15 is 0 Å². The molecule has 5 nitrogen and oxygen atoms in total. The minimum absolute atomic E-state index is 0.125. The highest BCUT2D eigenvalue weighted by atomic mass is 19.1. The number of carbonyl (C=O) groups is 2. The predicted octanol–water partition coefficient (Wildman–Crippen LogP) is 0.966. The molecule has 0 aliphatic heterocycles. The van der Waals surface area contributed by atoms with Crippen molar-refractivity contribution in [3.05, 3.63) is 35.1 Å². The molecule has 1 aromatic carbocycles. The van der Waals surface area contributed by atoms with Gasteiger partial charge in [0.2, 0.25) is 5.91 Å². The summed E-state index contributed by atoms with van der Waals surface area (Å²) < 4.78 is 18.1. The number of benzene rings is 1. The summed E-state index contributed by atoms with van der Waals surface area (Å²) in [7, 11) is 1.19. The number of ether oxygens (including phenoxy) is 1. The summed E-state index contributed by atoms with van der Waals surface area (Å²) in [5.41, 5.74) is 4.79. The number of methoxy groups -OCH3 is 1. The van der Waals surface area contributed by atoms with Crippen LogP contribution in [0.25, 0.3) is 0 Å². The maximum Gasteiger partial charge on any atom is 0.340 e. The summed E-state index contributed by atoms with van der Waals surface area (Å²) in [5.74, 6) is -1.89. The normalized spacial score (nSPS) is 11.2. The van der Waals surface area contributed by atoms with Gasteiger partial charge in [0.25, 0.3) is 0 Å². The molecule has 104 valence electrons. The molecule has 19 heavy (non-hydrogen) atoms. The van der Waals surface area contributed by atoms with Crippen molar-refractivity contribution in [2.75, 3.05) is 7.11 Å². The van der Waals surface area contributed by atoms with Crippen LogP contribution in [-0.4, -0.2) is 24.5 Å². The third-order valence-electron chi connectivity index (χ3n) is 2.79. The second kappa shape index (κ2) is 5.79. The number of primary amides is 1. The highest BCUT2D eigenvalue weighted by molar-refractivity contribution is 5.89. The molecule has 1 amide bonds. The molecule has 0 radical (unpaired) electrons. The van der Waals surface area contributed by atoms with Crippen LogP contribution in [0.5, 0.6) is 0 Å². The number of nitrogens with one attached hydrogen (secondary N) is 1. The standard InChI is InChI=1S/C13H17FN2O3/c1-13(2,12(15)18)16-7-8-4-5-9(10(14)6-8)11(17)19-3/h4-6,16H,7H2,1-3H3,(H2,15,18). The second-order valence-electron chi connectivity index (χ2n) is 4.65. The minimum atomic E-state index is -0.891. The Labute approximate surface area is 110 Å². The number of carbonyl (C=O) groups excluding carboxylic acids is 2. The van der Waals surface area contributed by atoms with Gasteiger partial charge in [-0.2, -0.15) is 0 Å². The van der Waals surface area contributed by atoms with E-state index in [4.69, 9.17) is 5.73 Å². The molecule has 0 spiro atoms. The Morgan fingerprint density at radius 2 is 2.05 bits per heavy atom. The maximum atomic E-state index is 13.6. The first-order valence-electron chi connectivity index (χ1n) is 5.69. The molecule has 0 atom stereocenters. The van der Waals surface area contributed by atoms with Gasteiger partial charge in [0.1, 0.15) is 5.82 Å². The molecule has 1 aromatic rings. The van der Waals surface area contributed by atoms with E-state index in [1.807, 2.05) is 0 Å². The number of rotatable bonds is 5. The van der Waals surface area contributed by atoms with Gasteiger partial charge in [-0.3, -0.25) is 10.1 Å². The van der Waals surface area contributed by atoms with Crippen molar-refractivity contribution in [2.24, 2.45) is 5.73 Å². The number of hydrogen-bond acceptors (Lipinski definition) is 4. The molecule has 0 saturated carbocycles. The first-order chi connectivity index (χ1) is 8.77. The lowest BCUT2D eigenvalue weighted by Crippen LogP contribution is -2.50. The Hall–Kier alpha value is -1.95. The molecule has 0 fully saturated rings. The number of hydrogen-bond donors (Lipinski definition) is 2. The number of nitrogens with two attached hydrogens (primary N) is 1. The van der Waals surface area contributed by atoms with Gasteiger partial charge in [0, 0.05) is 6.54 Å². The summed E-state index contributed by atoms with van der Waals surface area (Å²) in [5, 5.41) is 2.91. The third kappa shape index (κ3) is 3.75. The van der Waals surface area contributed by atoms with Gasteiger partial charge >= 0.3 is 5.97 Å². The van der Waals surface area contributed by atoms with E-state index in [-0.39, 0.29) is 12.1 Å². The fourth-order valence-electron chi connectivity index (χ4n) is 1.35. The van der Waals surface area contributed by atoms with E-state index in [1.165, 1.54) is 19.2 Å². The second-order valence-corrected chi connectivity index (χ2v) is 4.65. The Morgan fingerprint density at radius 3 is 2.53 bits per heavy atom. The number of halogens is 1. The van der Waals surface area contributed by atoms with E-state index in [0.717, 1.165) is 0 Å². The minimum Gasteiger partial charge on any atom is -0.465 e. The van der Waals surface area contributed by atoms with Crippen molar-refractivity contribution >= 4 is 11.9 Å². The van der Waals surface area contributed by atoms with Crippen LogP contribution >= 0.6 is 0 Å². The van der Waals surface area contributed by atoms with Crippen LogP contribution in [0.4, 0.5) is 4.39 Å². The molecule has 1 rings (SSSR count). The topological polar surface area (TPSA) is 81.4 Å². The smallest absolute Gasteiger partial charge is 0.340 e. The van der Waals surface area contributed by atoms with E-state index in [0.29, 0.717) is 5.56 Å². The maximum absolute atomic E-state index is 13.6. The average Bonchev–Trinajstić information content (AvgIpc) is 2.35. The van der Waals surface area contributed by atoms with Crippen LogP contribution in [0.2, 0.25) is 0 Å². The van der Waals surface area contributed by atoms with Crippen molar-refractivity contribution in [1.82, 2.24) is 5.32 Å². The SMILES string of the molecule is COC(=O)c1ccc(CNC(C)(C)C(N)=O)cc1F. The lowest BCUT2D eigenvalue weighted by molar-refractivity contribution is -0.123. The van der Waals surface area contributed by atoms with Crippen molar-refractivity contribution < 1.29 is 18.7 Å². The van der Waals surface area contributed by atoms with Crippen LogP contribution in [0, 0.1) is 5.82 Å². The van der Waals surface area contributed by atoms with E-state index in [1.54, 1.807) is 19.9 Å². The van der Waals surface area contributed by atoms with E-state index in [2.05, 4.69) is 10.1 Å². The summed E-state index contributed by atoms with van der Waals surface area (Å²) in [6, 6.07) is 4.14. The highest BCUT2D eigenvalue weighted by Crippen LogP contribution is 2.12. The Morgan fingerprint density at radius 1 is 1.42 bits per heavy atom. The zero-order valence-electron chi connectivity index (χ0n) is 11.1. The van der Waals surface area contributed by atoms with Gasteiger partial charge in [0.05, 0.1) is 18.2 Å². The predicted molar refractivity (Wildman–Crippen MR) is 67.9 cm³/mol. The Bertz CT molecular complexity index is 501. The van der Waals surface area contributed by atoms with Crippen molar-refractivity contribution in [3.8, 4) is 0 Å². The molecule has 0 aliphatic rings. The van der Waals surface area contributed by atoms with Gasteiger partial charge in [0.15, 0.2) is 0 Å². The van der Waals surface area contributed by atoms with Crippen molar-refractivity contribution in [2.45, 2.75) is 25.9 Å². The van der Waals surface area contributed by atoms with Crippen molar-refractivity contribution in [3.63, 3.8) is 0 Å². The number of esters is 1. The van der Waals surface area contributed by atoms with Gasteiger partial charge in [-0.1, -0.05) is 6.07 Å². The molecule has 0 bridgehead atoms. The molecule has 3 N–H and O–H groups in total. The summed E-state index contributed by atoms with van der Waals surface area (Å²) in [6.07, 6.45) is 0. The molecular formula is C13H17FN2O3. The summed E-state index contributed by atoms with van der Waals surface area (Å²) in [6.45, 7) is 3.53. The van der Waals surface area contributed by atoms with Crippen LogP contribution in [-0.2, 0) is 16.1 Å². The first kappa shape index (κ1) is 15.1. The largest absolute Gasteiger partial charge is 0.465 e. The van der Waals surface area contributed by atoms with Crippen LogP contribution < -0.4 is 11.1 Å². The highest BCUT2D eigenvalue weighted by Gasteiger charge is 2.23. The fourth-order valence-corrected chi connectivity index (χ4v) is 1.35. The molecular weight excluding hydrogens is 251 g/mol. The lowest BCUT2D eigenvalue weighted by atomic mass is 10.0. The Balaban J connectivity index is 2.80. The number of amides is 1. The van der Waals surface area contributed by atoms with Gasteiger partial charge in [-0.05, 0) is 31.5 Å². The molecule has 0 unspecified atom stereocenters.